The Kier molecular flexibility index (Phi) is 8.02. The third-order valence-corrected chi connectivity index (χ3v) is 5.67. The molecule has 0 aliphatic rings. The molecule has 0 radical (unpaired) electrons. The van der Waals surface area contributed by atoms with Crippen LogP contribution >= 0.6 is 34.8 Å². The number of halogens is 3. The van der Waals surface area contributed by atoms with Crippen LogP contribution in [0.1, 0.15) is 16.7 Å². The number of aliphatic imine (C=N–C) groups is 1. The number of amides is 1. The molecule has 0 unspecified atom stereocenters. The summed E-state index contributed by atoms with van der Waals surface area (Å²) in [6.45, 7) is 3.56. The summed E-state index contributed by atoms with van der Waals surface area (Å²) >= 11 is 18.6. The quantitative estimate of drug-likeness (QED) is 0.361. The van der Waals surface area contributed by atoms with E-state index >= 15 is 0 Å². The second-order valence-electron chi connectivity index (χ2n) is 7.03. The molecule has 0 saturated heterocycles. The highest BCUT2D eigenvalue weighted by Crippen LogP contribution is 2.36. The van der Waals surface area contributed by atoms with Crippen LogP contribution in [0.4, 0.5) is 11.4 Å². The maximum absolute atomic E-state index is 12.3. The molecule has 0 saturated carbocycles. The molecule has 0 aromatic heterocycles. The summed E-state index contributed by atoms with van der Waals surface area (Å²) in [5.41, 5.74) is 3.89. The normalized spacial score (nSPS) is 10.9. The number of benzene rings is 3. The molecule has 5 nitrogen and oxygen atoms in total. The molecule has 3 rings (SSSR count). The van der Waals surface area contributed by atoms with Crippen LogP contribution in [0.5, 0.6) is 11.5 Å². The fourth-order valence-corrected chi connectivity index (χ4v) is 3.40. The van der Waals surface area contributed by atoms with Gasteiger partial charge < -0.3 is 14.8 Å². The molecular weight excluding hydrogens is 471 g/mol. The molecule has 1 amide bonds. The molecule has 1 N–H and O–H groups in total. The molecule has 0 aliphatic carbocycles. The number of carbonyl (C=O) groups excluding carboxylic acids is 1. The topological polar surface area (TPSA) is 59.9 Å². The van der Waals surface area contributed by atoms with Gasteiger partial charge in [-0.05, 0) is 66.9 Å². The second-order valence-corrected chi connectivity index (χ2v) is 8.25. The summed E-state index contributed by atoms with van der Waals surface area (Å²) in [5, 5.41) is 4.23. The van der Waals surface area contributed by atoms with Gasteiger partial charge >= 0.3 is 0 Å². The van der Waals surface area contributed by atoms with Gasteiger partial charge in [0.15, 0.2) is 18.1 Å². The van der Waals surface area contributed by atoms with Crippen molar-refractivity contribution >= 4 is 58.3 Å². The maximum atomic E-state index is 12.3. The van der Waals surface area contributed by atoms with Gasteiger partial charge in [0.05, 0.1) is 17.8 Å². The molecule has 0 aliphatic heterocycles. The fourth-order valence-electron chi connectivity index (χ4n) is 2.77. The van der Waals surface area contributed by atoms with Crippen molar-refractivity contribution in [2.45, 2.75) is 13.8 Å². The molecule has 3 aromatic rings. The van der Waals surface area contributed by atoms with Crippen LogP contribution in [0.2, 0.25) is 15.1 Å². The lowest BCUT2D eigenvalue weighted by Crippen LogP contribution is -2.20. The van der Waals surface area contributed by atoms with Gasteiger partial charge in [0, 0.05) is 21.9 Å². The van der Waals surface area contributed by atoms with Crippen LogP contribution in [-0.2, 0) is 4.79 Å². The molecule has 0 bridgehead atoms. The van der Waals surface area contributed by atoms with E-state index in [0.717, 1.165) is 11.1 Å². The van der Waals surface area contributed by atoms with Gasteiger partial charge in [-0.3, -0.25) is 9.79 Å². The Bertz CT molecular complexity index is 1180. The highest BCUT2D eigenvalue weighted by Gasteiger charge is 2.14. The van der Waals surface area contributed by atoms with Crippen molar-refractivity contribution < 1.29 is 14.3 Å². The monoisotopic (exact) mass is 490 g/mol. The Hall–Kier alpha value is -2.73. The van der Waals surface area contributed by atoms with E-state index in [4.69, 9.17) is 44.3 Å². The number of hydrogen-bond donors (Lipinski definition) is 1. The highest BCUT2D eigenvalue weighted by molar-refractivity contribution is 6.33. The van der Waals surface area contributed by atoms with Gasteiger partial charge in [0.2, 0.25) is 0 Å². The largest absolute Gasteiger partial charge is 0.493 e. The van der Waals surface area contributed by atoms with Gasteiger partial charge in [-0.1, -0.05) is 46.9 Å². The van der Waals surface area contributed by atoms with E-state index < -0.39 is 0 Å². The van der Waals surface area contributed by atoms with Crippen molar-refractivity contribution in [2.75, 3.05) is 19.0 Å². The van der Waals surface area contributed by atoms with E-state index in [1.807, 2.05) is 32.0 Å². The average molecular weight is 492 g/mol. The molecule has 3 aromatic carbocycles. The fraction of sp³-hybridized carbons (Fsp3) is 0.167. The molecule has 166 valence electrons. The zero-order valence-electron chi connectivity index (χ0n) is 17.7. The van der Waals surface area contributed by atoms with Crippen molar-refractivity contribution in [3.63, 3.8) is 0 Å². The smallest absolute Gasteiger partial charge is 0.262 e. The first kappa shape index (κ1) is 23.9. The number of ether oxygens (including phenoxy) is 2. The van der Waals surface area contributed by atoms with E-state index in [2.05, 4.69) is 10.3 Å². The number of aryl methyl sites for hydroxylation is 2. The number of carbonyl (C=O) groups is 1. The Morgan fingerprint density at radius 3 is 2.31 bits per heavy atom. The molecule has 0 atom stereocenters. The minimum Gasteiger partial charge on any atom is -0.493 e. The maximum Gasteiger partial charge on any atom is 0.262 e. The van der Waals surface area contributed by atoms with Crippen molar-refractivity contribution in [1.29, 1.82) is 0 Å². The van der Waals surface area contributed by atoms with Crippen molar-refractivity contribution in [3.05, 3.63) is 80.3 Å². The summed E-state index contributed by atoms with van der Waals surface area (Å²) in [6.07, 6.45) is 1.65. The van der Waals surface area contributed by atoms with E-state index in [1.165, 1.54) is 7.11 Å². The molecular formula is C24H21Cl3N2O3. The Morgan fingerprint density at radius 2 is 1.66 bits per heavy atom. The molecule has 0 spiro atoms. The molecule has 32 heavy (non-hydrogen) atoms. The molecule has 0 heterocycles. The second kappa shape index (κ2) is 10.7. The average Bonchev–Trinajstić information content (AvgIpc) is 2.76. The number of rotatable bonds is 7. The predicted octanol–water partition coefficient (Wildman–Crippen LogP) is 7.04. The van der Waals surface area contributed by atoms with Crippen LogP contribution in [0, 0.1) is 13.8 Å². The summed E-state index contributed by atoms with van der Waals surface area (Å²) < 4.78 is 11.0. The van der Waals surface area contributed by atoms with Crippen LogP contribution in [-0.4, -0.2) is 25.8 Å². The summed E-state index contributed by atoms with van der Waals surface area (Å²) in [7, 11) is 1.49. The first-order chi connectivity index (χ1) is 15.3. The minimum atomic E-state index is -0.357. The predicted molar refractivity (Wildman–Crippen MR) is 132 cm³/mol. The Balaban J connectivity index is 1.70. The van der Waals surface area contributed by atoms with Crippen LogP contribution in [0.3, 0.4) is 0 Å². The van der Waals surface area contributed by atoms with Crippen molar-refractivity contribution in [1.82, 2.24) is 0 Å². The van der Waals surface area contributed by atoms with Gasteiger partial charge in [-0.15, -0.1) is 0 Å². The van der Waals surface area contributed by atoms with Gasteiger partial charge in [0.25, 0.3) is 5.91 Å². The van der Waals surface area contributed by atoms with E-state index in [-0.39, 0.29) is 18.3 Å². The third kappa shape index (κ3) is 6.16. The number of methoxy groups -OCH3 is 1. The van der Waals surface area contributed by atoms with Gasteiger partial charge in [-0.2, -0.15) is 0 Å². The third-order valence-electron chi connectivity index (χ3n) is 4.57. The molecule has 8 heteroatoms. The van der Waals surface area contributed by atoms with Crippen LogP contribution < -0.4 is 14.8 Å². The Morgan fingerprint density at radius 1 is 0.969 bits per heavy atom. The number of hydrogen-bond acceptors (Lipinski definition) is 4. The standard InChI is InChI=1S/C24H21Cl3N2O3/c1-14-4-6-17(10-19(14)25)28-12-16-8-21(27)24(22(9-16)31-3)32-13-23(30)29-18-7-5-15(2)20(26)11-18/h4-12H,13H2,1-3H3,(H,29,30). The van der Waals surface area contributed by atoms with Gasteiger partial charge in [-0.25, -0.2) is 0 Å². The Labute approximate surface area is 201 Å². The SMILES string of the molecule is COc1cc(C=Nc2ccc(C)c(Cl)c2)cc(Cl)c1OCC(=O)Nc1ccc(C)c(Cl)c1. The van der Waals surface area contributed by atoms with Crippen molar-refractivity contribution in [2.24, 2.45) is 4.99 Å². The summed E-state index contributed by atoms with van der Waals surface area (Å²) in [5.74, 6) is 0.291. The van der Waals surface area contributed by atoms with E-state index in [0.29, 0.717) is 37.8 Å². The highest BCUT2D eigenvalue weighted by atomic mass is 35.5. The lowest BCUT2D eigenvalue weighted by Gasteiger charge is -2.13. The summed E-state index contributed by atoms with van der Waals surface area (Å²) in [6, 6.07) is 14.2. The molecule has 0 fully saturated rings. The first-order valence-electron chi connectivity index (χ1n) is 9.63. The zero-order valence-corrected chi connectivity index (χ0v) is 20.0. The van der Waals surface area contributed by atoms with Crippen LogP contribution in [0.25, 0.3) is 0 Å². The summed E-state index contributed by atoms with van der Waals surface area (Å²) in [4.78, 5) is 16.7. The lowest BCUT2D eigenvalue weighted by molar-refractivity contribution is -0.118. The number of anilines is 1. The minimum absolute atomic E-state index is 0.253. The van der Waals surface area contributed by atoms with Gasteiger partial charge in [0.1, 0.15) is 0 Å². The van der Waals surface area contributed by atoms with Crippen LogP contribution in [0.15, 0.2) is 53.5 Å². The zero-order chi connectivity index (χ0) is 23.3. The number of nitrogens with zero attached hydrogens (tertiary/aromatic N) is 1. The first-order valence-corrected chi connectivity index (χ1v) is 10.8. The van der Waals surface area contributed by atoms with Crippen molar-refractivity contribution in [3.8, 4) is 11.5 Å². The lowest BCUT2D eigenvalue weighted by atomic mass is 10.2. The van der Waals surface area contributed by atoms with E-state index in [1.54, 1.807) is 36.5 Å². The van der Waals surface area contributed by atoms with E-state index in [9.17, 15) is 4.79 Å². The number of nitrogens with one attached hydrogen (secondary N) is 1.